The highest BCUT2D eigenvalue weighted by Crippen LogP contribution is 2.10. The fraction of sp³-hybridized carbons (Fsp3) is 0.545. The summed E-state index contributed by atoms with van der Waals surface area (Å²) in [5.74, 6) is -1.10. The maximum Gasteiger partial charge on any atom is 0.328 e. The zero-order valence-electron chi connectivity index (χ0n) is 10.9. The van der Waals surface area contributed by atoms with E-state index in [0.29, 0.717) is 5.69 Å². The summed E-state index contributed by atoms with van der Waals surface area (Å²) >= 11 is 0. The third kappa shape index (κ3) is 3.47. The summed E-state index contributed by atoms with van der Waals surface area (Å²) in [5, 5.41) is 17.8. The molecule has 0 atom stereocenters. The molecule has 1 aromatic heterocycles. The number of aromatic nitrogens is 2. The predicted octanol–water partition coefficient (Wildman–Crippen LogP) is 1.45. The van der Waals surface area contributed by atoms with E-state index in [-0.39, 0.29) is 6.04 Å². The summed E-state index contributed by atoms with van der Waals surface area (Å²) in [6.45, 7) is 6.74. The van der Waals surface area contributed by atoms with Crippen LogP contribution in [0.5, 0.6) is 0 Å². The molecule has 0 saturated heterocycles. The van der Waals surface area contributed by atoms with Crippen LogP contribution in [-0.4, -0.2) is 32.4 Å². The van der Waals surface area contributed by atoms with Crippen LogP contribution in [0.1, 0.15) is 33.7 Å². The Labute approximate surface area is 105 Å². The molecule has 3 N–H and O–H groups in total. The smallest absolute Gasteiger partial charge is 0.328 e. The van der Waals surface area contributed by atoms with Crippen LogP contribution in [0.15, 0.2) is 12.4 Å². The Kier molecular flexibility index (Phi) is 3.95. The molecule has 0 fully saturated rings. The minimum atomic E-state index is -1.32. The van der Waals surface area contributed by atoms with Gasteiger partial charge in [-0.05, 0) is 27.7 Å². The third-order valence-corrected chi connectivity index (χ3v) is 2.35. The molecule has 0 aromatic carbocycles. The second-order valence-electron chi connectivity index (χ2n) is 4.81. The molecule has 0 unspecified atom stereocenters. The Hall–Kier alpha value is -2.05. The lowest BCUT2D eigenvalue weighted by Gasteiger charge is -2.20. The molecule has 7 nitrogen and oxygen atoms in total. The van der Waals surface area contributed by atoms with Crippen molar-refractivity contribution >= 4 is 17.7 Å². The van der Waals surface area contributed by atoms with Gasteiger partial charge in [0.2, 0.25) is 0 Å². The average molecular weight is 254 g/mol. The van der Waals surface area contributed by atoms with Gasteiger partial charge in [0, 0.05) is 12.2 Å². The third-order valence-electron chi connectivity index (χ3n) is 2.35. The van der Waals surface area contributed by atoms with Gasteiger partial charge < -0.3 is 15.7 Å². The van der Waals surface area contributed by atoms with Crippen molar-refractivity contribution in [1.82, 2.24) is 15.1 Å². The van der Waals surface area contributed by atoms with Crippen molar-refractivity contribution in [1.29, 1.82) is 0 Å². The van der Waals surface area contributed by atoms with Crippen LogP contribution in [0, 0.1) is 0 Å². The van der Waals surface area contributed by atoms with Crippen LogP contribution in [0.4, 0.5) is 10.5 Å². The summed E-state index contributed by atoms with van der Waals surface area (Å²) in [6.07, 6.45) is 3.19. The summed E-state index contributed by atoms with van der Waals surface area (Å²) < 4.78 is 1.69. The molecule has 0 aliphatic rings. The molecule has 100 valence electrons. The van der Waals surface area contributed by atoms with Crippen LogP contribution in [0.25, 0.3) is 0 Å². The fourth-order valence-electron chi connectivity index (χ4n) is 1.18. The van der Waals surface area contributed by atoms with E-state index in [2.05, 4.69) is 15.7 Å². The monoisotopic (exact) mass is 254 g/mol. The summed E-state index contributed by atoms with van der Waals surface area (Å²) in [7, 11) is 0. The van der Waals surface area contributed by atoms with Crippen molar-refractivity contribution in [3.8, 4) is 0 Å². The molecule has 0 bridgehead atoms. The van der Waals surface area contributed by atoms with E-state index in [0.717, 1.165) is 0 Å². The quantitative estimate of drug-likeness (QED) is 0.757. The Balaban J connectivity index is 2.62. The number of hydrogen-bond donors (Lipinski definition) is 3. The number of nitrogens with zero attached hydrogens (tertiary/aromatic N) is 2. The summed E-state index contributed by atoms with van der Waals surface area (Å²) in [5.41, 5.74) is -0.805. The molecule has 0 aliphatic heterocycles. The molecule has 2 amide bonds. The number of hydrogen-bond acceptors (Lipinski definition) is 3. The molecule has 1 aromatic rings. The van der Waals surface area contributed by atoms with Crippen LogP contribution < -0.4 is 10.6 Å². The Morgan fingerprint density at radius 3 is 2.50 bits per heavy atom. The lowest BCUT2D eigenvalue weighted by atomic mass is 10.1. The molecule has 1 rings (SSSR count). The highest BCUT2D eigenvalue weighted by atomic mass is 16.4. The Morgan fingerprint density at radius 1 is 1.44 bits per heavy atom. The molecule has 0 spiro atoms. The highest BCUT2D eigenvalue weighted by molar-refractivity contribution is 5.93. The highest BCUT2D eigenvalue weighted by Gasteiger charge is 2.28. The predicted molar refractivity (Wildman–Crippen MR) is 66.5 cm³/mol. The van der Waals surface area contributed by atoms with E-state index >= 15 is 0 Å². The van der Waals surface area contributed by atoms with Gasteiger partial charge in [0.25, 0.3) is 0 Å². The number of rotatable bonds is 4. The van der Waals surface area contributed by atoms with Gasteiger partial charge in [0.1, 0.15) is 5.54 Å². The zero-order chi connectivity index (χ0) is 13.9. The first-order valence-electron chi connectivity index (χ1n) is 5.59. The fourth-order valence-corrected chi connectivity index (χ4v) is 1.18. The minimum absolute atomic E-state index is 0.194. The Morgan fingerprint density at radius 2 is 2.06 bits per heavy atom. The maximum atomic E-state index is 11.6. The number of carbonyl (C=O) groups excluding carboxylic acids is 1. The first-order chi connectivity index (χ1) is 8.22. The summed E-state index contributed by atoms with van der Waals surface area (Å²) in [4.78, 5) is 22.4. The molecule has 18 heavy (non-hydrogen) atoms. The molecule has 0 saturated carbocycles. The second kappa shape index (κ2) is 5.07. The largest absolute Gasteiger partial charge is 0.480 e. The van der Waals surface area contributed by atoms with E-state index in [4.69, 9.17) is 5.11 Å². The van der Waals surface area contributed by atoms with Crippen LogP contribution >= 0.6 is 0 Å². The first-order valence-corrected chi connectivity index (χ1v) is 5.59. The molecule has 0 radical (unpaired) electrons. The van der Waals surface area contributed by atoms with Crippen molar-refractivity contribution < 1.29 is 14.7 Å². The number of carboxylic acid groups (broad SMARTS) is 1. The number of carboxylic acids is 1. The molecule has 0 aliphatic carbocycles. The van der Waals surface area contributed by atoms with Crippen LogP contribution in [0.3, 0.4) is 0 Å². The van der Waals surface area contributed by atoms with Gasteiger partial charge in [-0.25, -0.2) is 9.59 Å². The van der Waals surface area contributed by atoms with Gasteiger partial charge in [0.15, 0.2) is 0 Å². The first kappa shape index (κ1) is 14.0. The molecular formula is C11H18N4O3. The summed E-state index contributed by atoms with van der Waals surface area (Å²) in [6, 6.07) is -0.384. The lowest BCUT2D eigenvalue weighted by Crippen LogP contribution is -2.51. The second-order valence-corrected chi connectivity index (χ2v) is 4.81. The SMILES string of the molecule is CC(C)n1cc(NC(=O)NC(C)(C)C(=O)O)cn1. The average Bonchev–Trinajstić information content (AvgIpc) is 2.64. The normalized spacial score (nSPS) is 11.4. The van der Waals surface area contributed by atoms with Gasteiger partial charge >= 0.3 is 12.0 Å². The van der Waals surface area contributed by atoms with Gasteiger partial charge in [-0.1, -0.05) is 0 Å². The van der Waals surface area contributed by atoms with Crippen molar-refractivity contribution in [3.63, 3.8) is 0 Å². The molecule has 7 heteroatoms. The number of amides is 2. The van der Waals surface area contributed by atoms with Gasteiger partial charge in [0.05, 0.1) is 11.9 Å². The molecular weight excluding hydrogens is 236 g/mol. The number of carbonyl (C=O) groups is 2. The van der Waals surface area contributed by atoms with Crippen molar-refractivity contribution in [2.75, 3.05) is 5.32 Å². The number of anilines is 1. The minimum Gasteiger partial charge on any atom is -0.480 e. The van der Waals surface area contributed by atoms with Crippen molar-refractivity contribution in [2.24, 2.45) is 0 Å². The number of nitrogens with one attached hydrogen (secondary N) is 2. The van der Waals surface area contributed by atoms with E-state index < -0.39 is 17.5 Å². The lowest BCUT2D eigenvalue weighted by molar-refractivity contribution is -0.142. The van der Waals surface area contributed by atoms with Crippen molar-refractivity contribution in [3.05, 3.63) is 12.4 Å². The van der Waals surface area contributed by atoms with E-state index in [1.807, 2.05) is 13.8 Å². The van der Waals surface area contributed by atoms with E-state index in [1.165, 1.54) is 20.0 Å². The van der Waals surface area contributed by atoms with Gasteiger partial charge in [-0.15, -0.1) is 0 Å². The topological polar surface area (TPSA) is 96.2 Å². The van der Waals surface area contributed by atoms with Crippen LogP contribution in [-0.2, 0) is 4.79 Å². The van der Waals surface area contributed by atoms with E-state index in [1.54, 1.807) is 10.9 Å². The number of aliphatic carboxylic acids is 1. The van der Waals surface area contributed by atoms with Gasteiger partial charge in [-0.2, -0.15) is 5.10 Å². The Bertz CT molecular complexity index is 451. The maximum absolute atomic E-state index is 11.6. The molecule has 1 heterocycles. The van der Waals surface area contributed by atoms with Gasteiger partial charge in [-0.3, -0.25) is 4.68 Å². The number of urea groups is 1. The van der Waals surface area contributed by atoms with Crippen LogP contribution in [0.2, 0.25) is 0 Å². The standard InChI is InChI=1S/C11H18N4O3/c1-7(2)15-6-8(5-12-15)13-10(18)14-11(3,4)9(16)17/h5-7H,1-4H3,(H,16,17)(H2,13,14,18). The zero-order valence-corrected chi connectivity index (χ0v) is 10.9. The van der Waals surface area contributed by atoms with E-state index in [9.17, 15) is 9.59 Å². The van der Waals surface area contributed by atoms with Crippen molar-refractivity contribution in [2.45, 2.75) is 39.3 Å².